The first-order valence-electron chi connectivity index (χ1n) is 12.1. The SMILES string of the molecule is Nc1cccc(COc2ccc(C(CC(=O)N3C(=O)OCC3Cc3ccccc3)c3ccon3)cc2)c1. The molecule has 2 heterocycles. The maximum Gasteiger partial charge on any atom is 0.416 e. The number of imide groups is 1. The van der Waals surface area contributed by atoms with Crippen LogP contribution in [0.2, 0.25) is 0 Å². The molecule has 3 aromatic carbocycles. The van der Waals surface area contributed by atoms with E-state index in [4.69, 9.17) is 19.7 Å². The Balaban J connectivity index is 1.30. The first kappa shape index (κ1) is 24.1. The van der Waals surface area contributed by atoms with Crippen LogP contribution < -0.4 is 10.5 Å². The van der Waals surface area contributed by atoms with E-state index < -0.39 is 12.0 Å². The van der Waals surface area contributed by atoms with Crippen molar-refractivity contribution in [2.45, 2.75) is 31.4 Å². The van der Waals surface area contributed by atoms with Crippen LogP contribution in [0.5, 0.6) is 5.75 Å². The molecule has 0 radical (unpaired) electrons. The molecule has 4 aromatic rings. The van der Waals surface area contributed by atoms with Gasteiger partial charge in [0.05, 0.1) is 11.7 Å². The summed E-state index contributed by atoms with van der Waals surface area (Å²) in [6, 6.07) is 26.1. The van der Waals surface area contributed by atoms with Gasteiger partial charge in [0, 0.05) is 24.1 Å². The highest BCUT2D eigenvalue weighted by molar-refractivity contribution is 5.94. The number of nitrogens with zero attached hydrogens (tertiary/aromatic N) is 2. The summed E-state index contributed by atoms with van der Waals surface area (Å²) in [5, 5.41) is 4.08. The summed E-state index contributed by atoms with van der Waals surface area (Å²) in [6.07, 6.45) is 1.43. The van der Waals surface area contributed by atoms with E-state index in [0.29, 0.717) is 30.2 Å². The molecule has 188 valence electrons. The van der Waals surface area contributed by atoms with E-state index in [2.05, 4.69) is 5.16 Å². The van der Waals surface area contributed by atoms with Gasteiger partial charge in [-0.1, -0.05) is 59.8 Å². The number of amides is 2. The van der Waals surface area contributed by atoms with Gasteiger partial charge in [-0.25, -0.2) is 9.69 Å². The van der Waals surface area contributed by atoms with E-state index in [1.807, 2.05) is 78.9 Å². The first-order chi connectivity index (χ1) is 18.1. The minimum absolute atomic E-state index is 0.0381. The third-order valence-electron chi connectivity index (χ3n) is 6.38. The molecule has 2 amide bonds. The molecule has 2 unspecified atom stereocenters. The average Bonchev–Trinajstić information content (AvgIpc) is 3.57. The summed E-state index contributed by atoms with van der Waals surface area (Å²) in [5.41, 5.74) is 9.98. The third kappa shape index (κ3) is 5.81. The number of hydrogen-bond donors (Lipinski definition) is 1. The van der Waals surface area contributed by atoms with Gasteiger partial charge in [0.1, 0.15) is 25.2 Å². The zero-order valence-corrected chi connectivity index (χ0v) is 20.2. The zero-order valence-electron chi connectivity index (χ0n) is 20.2. The van der Waals surface area contributed by atoms with Crippen LogP contribution in [-0.4, -0.2) is 34.7 Å². The molecule has 1 aromatic heterocycles. The number of hydrogen-bond acceptors (Lipinski definition) is 7. The lowest BCUT2D eigenvalue weighted by Crippen LogP contribution is -2.40. The highest BCUT2D eigenvalue weighted by atomic mass is 16.6. The molecule has 37 heavy (non-hydrogen) atoms. The van der Waals surface area contributed by atoms with Gasteiger partial charge < -0.3 is 19.7 Å². The fraction of sp³-hybridized carbons (Fsp3) is 0.207. The Hall–Kier alpha value is -4.59. The summed E-state index contributed by atoms with van der Waals surface area (Å²) in [6.45, 7) is 0.558. The number of nitrogen functional groups attached to an aromatic ring is 1. The number of cyclic esters (lactones) is 1. The molecule has 8 nitrogen and oxygen atoms in total. The zero-order chi connectivity index (χ0) is 25.6. The van der Waals surface area contributed by atoms with Crippen LogP contribution in [0.4, 0.5) is 10.5 Å². The molecule has 5 rings (SSSR count). The van der Waals surface area contributed by atoms with Crippen molar-refractivity contribution in [1.29, 1.82) is 0 Å². The molecule has 1 aliphatic heterocycles. The Bertz CT molecular complexity index is 1340. The predicted molar refractivity (Wildman–Crippen MR) is 137 cm³/mol. The highest BCUT2D eigenvalue weighted by Crippen LogP contribution is 2.31. The number of carbonyl (C=O) groups is 2. The molecule has 8 heteroatoms. The Morgan fingerprint density at radius 2 is 1.81 bits per heavy atom. The molecule has 2 atom stereocenters. The Kier molecular flexibility index (Phi) is 7.16. The number of nitrogens with two attached hydrogens (primary N) is 1. The number of benzene rings is 3. The van der Waals surface area contributed by atoms with Gasteiger partial charge in [0.25, 0.3) is 0 Å². The van der Waals surface area contributed by atoms with Gasteiger partial charge in [-0.05, 0) is 47.4 Å². The number of carbonyl (C=O) groups excluding carboxylic acids is 2. The van der Waals surface area contributed by atoms with E-state index in [-0.39, 0.29) is 25.0 Å². The maximum atomic E-state index is 13.4. The van der Waals surface area contributed by atoms with Gasteiger partial charge >= 0.3 is 6.09 Å². The van der Waals surface area contributed by atoms with Crippen molar-refractivity contribution in [3.63, 3.8) is 0 Å². The fourth-order valence-electron chi connectivity index (χ4n) is 4.52. The molecular weight excluding hydrogens is 470 g/mol. The topological polar surface area (TPSA) is 108 Å². The van der Waals surface area contributed by atoms with Crippen LogP contribution in [0.3, 0.4) is 0 Å². The van der Waals surface area contributed by atoms with Crippen molar-refractivity contribution < 1.29 is 23.6 Å². The third-order valence-corrected chi connectivity index (χ3v) is 6.38. The normalized spacial score (nSPS) is 15.8. The van der Waals surface area contributed by atoms with Crippen molar-refractivity contribution in [1.82, 2.24) is 10.1 Å². The Morgan fingerprint density at radius 3 is 2.54 bits per heavy atom. The van der Waals surface area contributed by atoms with Crippen molar-refractivity contribution in [2.24, 2.45) is 0 Å². The number of anilines is 1. The van der Waals surface area contributed by atoms with Gasteiger partial charge in [-0.2, -0.15) is 0 Å². The van der Waals surface area contributed by atoms with Crippen molar-refractivity contribution in [2.75, 3.05) is 12.3 Å². The second-order valence-corrected chi connectivity index (χ2v) is 8.97. The second kappa shape index (κ2) is 11.0. The molecule has 1 saturated heterocycles. The molecule has 0 saturated carbocycles. The molecule has 1 fully saturated rings. The van der Waals surface area contributed by atoms with Gasteiger partial charge in [-0.15, -0.1) is 0 Å². The molecule has 1 aliphatic rings. The highest BCUT2D eigenvalue weighted by Gasteiger charge is 2.39. The number of aromatic nitrogens is 1. The van der Waals surface area contributed by atoms with E-state index in [1.165, 1.54) is 11.2 Å². The summed E-state index contributed by atoms with van der Waals surface area (Å²) < 4.78 is 16.2. The monoisotopic (exact) mass is 497 g/mol. The Labute approximate surface area is 214 Å². The smallest absolute Gasteiger partial charge is 0.416 e. The van der Waals surface area contributed by atoms with Crippen LogP contribution in [0.1, 0.15) is 34.7 Å². The molecule has 2 N–H and O–H groups in total. The van der Waals surface area contributed by atoms with E-state index >= 15 is 0 Å². The molecule has 0 spiro atoms. The maximum absolute atomic E-state index is 13.4. The van der Waals surface area contributed by atoms with Crippen LogP contribution in [0.25, 0.3) is 0 Å². The summed E-state index contributed by atoms with van der Waals surface area (Å²) in [5.74, 6) is -0.0409. The molecular formula is C29H27N3O5. The van der Waals surface area contributed by atoms with Crippen LogP contribution >= 0.6 is 0 Å². The minimum Gasteiger partial charge on any atom is -0.489 e. The largest absolute Gasteiger partial charge is 0.489 e. The molecule has 0 bridgehead atoms. The number of ether oxygens (including phenoxy) is 2. The Morgan fingerprint density at radius 1 is 1.03 bits per heavy atom. The average molecular weight is 498 g/mol. The van der Waals surface area contributed by atoms with E-state index in [1.54, 1.807) is 6.07 Å². The minimum atomic E-state index is -0.616. The van der Waals surface area contributed by atoms with Crippen molar-refractivity contribution in [3.8, 4) is 5.75 Å². The summed E-state index contributed by atoms with van der Waals surface area (Å²) in [4.78, 5) is 27.2. The second-order valence-electron chi connectivity index (χ2n) is 8.97. The van der Waals surface area contributed by atoms with Gasteiger partial charge in [-0.3, -0.25) is 4.79 Å². The summed E-state index contributed by atoms with van der Waals surface area (Å²) in [7, 11) is 0. The van der Waals surface area contributed by atoms with Crippen LogP contribution in [0, 0.1) is 0 Å². The fourth-order valence-corrected chi connectivity index (χ4v) is 4.52. The van der Waals surface area contributed by atoms with Crippen molar-refractivity contribution in [3.05, 3.63) is 114 Å². The summed E-state index contributed by atoms with van der Waals surface area (Å²) >= 11 is 0. The van der Waals surface area contributed by atoms with E-state index in [0.717, 1.165) is 16.7 Å². The van der Waals surface area contributed by atoms with Crippen LogP contribution in [-0.2, 0) is 22.6 Å². The quantitative estimate of drug-likeness (QED) is 0.326. The lowest BCUT2D eigenvalue weighted by Gasteiger charge is -2.22. The molecule has 0 aliphatic carbocycles. The van der Waals surface area contributed by atoms with Gasteiger partial charge in [0.15, 0.2) is 0 Å². The van der Waals surface area contributed by atoms with E-state index in [9.17, 15) is 9.59 Å². The standard InChI is InChI=1S/C29H27N3O5/c30-23-8-4-7-21(15-23)18-35-25-11-9-22(10-12-25)26(27-13-14-37-31-27)17-28(33)32-24(19-36-29(32)34)16-20-5-2-1-3-6-20/h1-15,24,26H,16-19,30H2. The number of rotatable bonds is 9. The lowest BCUT2D eigenvalue weighted by molar-refractivity contribution is -0.129. The van der Waals surface area contributed by atoms with Crippen molar-refractivity contribution >= 4 is 17.7 Å². The first-order valence-corrected chi connectivity index (χ1v) is 12.1. The lowest BCUT2D eigenvalue weighted by atomic mass is 9.91. The van der Waals surface area contributed by atoms with Gasteiger partial charge in [0.2, 0.25) is 5.91 Å². The van der Waals surface area contributed by atoms with Crippen LogP contribution in [0.15, 0.2) is 95.7 Å². The predicted octanol–water partition coefficient (Wildman–Crippen LogP) is 4.95.